The van der Waals surface area contributed by atoms with E-state index >= 15 is 0 Å². The van der Waals surface area contributed by atoms with Gasteiger partial charge in [-0.05, 0) is 30.3 Å². The smallest absolute Gasteiger partial charge is 0.337 e. The van der Waals surface area contributed by atoms with Crippen LogP contribution in [0.25, 0.3) is 0 Å². The molecule has 0 spiro atoms. The summed E-state index contributed by atoms with van der Waals surface area (Å²) in [5.74, 6) is -1.79. The van der Waals surface area contributed by atoms with E-state index in [2.05, 4.69) is 5.32 Å². The molecule has 0 unspecified atom stereocenters. The summed E-state index contributed by atoms with van der Waals surface area (Å²) in [4.78, 5) is 22.3. The molecule has 0 radical (unpaired) electrons. The molecule has 2 aromatic rings. The van der Waals surface area contributed by atoms with Gasteiger partial charge in [0.2, 0.25) is 0 Å². The molecular weight excluding hydrogens is 315 g/mol. The fourth-order valence-electron chi connectivity index (χ4n) is 1.80. The summed E-state index contributed by atoms with van der Waals surface area (Å²) in [7, 11) is 0. The van der Waals surface area contributed by atoms with Gasteiger partial charge in [-0.2, -0.15) is 0 Å². The number of hydrogen-bond donors (Lipinski definition) is 3. The molecular formula is C14H10Cl2N2O3. The fraction of sp³-hybridized carbons (Fsp3) is 0. The van der Waals surface area contributed by atoms with E-state index in [0.29, 0.717) is 11.4 Å². The number of carbonyl (C=O) groups excluding carboxylic acids is 1. The summed E-state index contributed by atoms with van der Waals surface area (Å²) in [6.45, 7) is 0. The number of anilines is 2. The Balaban J connectivity index is 2.39. The van der Waals surface area contributed by atoms with Crippen molar-refractivity contribution in [1.29, 1.82) is 0 Å². The maximum absolute atomic E-state index is 11.4. The van der Waals surface area contributed by atoms with Crippen LogP contribution in [0.5, 0.6) is 0 Å². The molecule has 0 aliphatic heterocycles. The van der Waals surface area contributed by atoms with Crippen LogP contribution in [0.1, 0.15) is 20.7 Å². The Morgan fingerprint density at radius 3 is 2.38 bits per heavy atom. The first kappa shape index (κ1) is 15.2. The average Bonchev–Trinajstić information content (AvgIpc) is 2.37. The highest BCUT2D eigenvalue weighted by atomic mass is 35.5. The summed E-state index contributed by atoms with van der Waals surface area (Å²) in [6.07, 6.45) is 0. The van der Waals surface area contributed by atoms with Gasteiger partial charge < -0.3 is 16.2 Å². The Labute approximate surface area is 130 Å². The van der Waals surface area contributed by atoms with E-state index in [9.17, 15) is 9.59 Å². The topological polar surface area (TPSA) is 92.4 Å². The van der Waals surface area contributed by atoms with E-state index < -0.39 is 11.9 Å². The van der Waals surface area contributed by atoms with Crippen LogP contribution >= 0.6 is 23.2 Å². The molecule has 0 aliphatic rings. The van der Waals surface area contributed by atoms with Crippen molar-refractivity contribution in [3.63, 3.8) is 0 Å². The molecule has 1 amide bonds. The van der Waals surface area contributed by atoms with Crippen molar-refractivity contribution < 1.29 is 14.7 Å². The molecule has 0 saturated carbocycles. The maximum Gasteiger partial charge on any atom is 0.337 e. The number of carbonyl (C=O) groups is 2. The number of carboxylic acid groups (broad SMARTS) is 1. The number of rotatable bonds is 4. The Hall–Kier alpha value is -2.24. The Morgan fingerprint density at radius 1 is 1.10 bits per heavy atom. The SMILES string of the molecule is NC(=O)c1c(Cl)cccc1Nc1ccc(C(=O)O)c(Cl)c1. The summed E-state index contributed by atoms with van der Waals surface area (Å²) in [6, 6.07) is 9.17. The van der Waals surface area contributed by atoms with E-state index in [1.807, 2.05) is 0 Å². The minimum absolute atomic E-state index is 0.0107. The van der Waals surface area contributed by atoms with E-state index in [1.165, 1.54) is 18.2 Å². The zero-order valence-corrected chi connectivity index (χ0v) is 12.1. The lowest BCUT2D eigenvalue weighted by Gasteiger charge is -2.12. The van der Waals surface area contributed by atoms with Crippen LogP contribution in [0.2, 0.25) is 10.0 Å². The maximum atomic E-state index is 11.4. The molecule has 2 rings (SSSR count). The lowest BCUT2D eigenvalue weighted by Crippen LogP contribution is -2.14. The van der Waals surface area contributed by atoms with Crippen LogP contribution in [-0.4, -0.2) is 17.0 Å². The number of benzene rings is 2. The highest BCUT2D eigenvalue weighted by Crippen LogP contribution is 2.28. The van der Waals surface area contributed by atoms with E-state index in [-0.39, 0.29) is 21.2 Å². The molecule has 0 saturated heterocycles. The quantitative estimate of drug-likeness (QED) is 0.802. The first-order valence-corrected chi connectivity index (χ1v) is 6.54. The van der Waals surface area contributed by atoms with Crippen molar-refractivity contribution in [3.05, 3.63) is 57.6 Å². The highest BCUT2D eigenvalue weighted by molar-refractivity contribution is 6.35. The molecule has 0 atom stereocenters. The summed E-state index contributed by atoms with van der Waals surface area (Å²) < 4.78 is 0. The number of halogens is 2. The van der Waals surface area contributed by atoms with Gasteiger partial charge in [0, 0.05) is 5.69 Å². The molecule has 0 aromatic heterocycles. The third-order valence-corrected chi connectivity index (χ3v) is 3.37. The second-order valence-corrected chi connectivity index (χ2v) is 4.97. The molecule has 0 fully saturated rings. The van der Waals surface area contributed by atoms with Gasteiger partial charge in [0.05, 0.1) is 26.9 Å². The van der Waals surface area contributed by atoms with Gasteiger partial charge in [-0.25, -0.2) is 4.79 Å². The van der Waals surface area contributed by atoms with Crippen LogP contribution in [0.3, 0.4) is 0 Å². The van der Waals surface area contributed by atoms with Gasteiger partial charge in [0.15, 0.2) is 0 Å². The third kappa shape index (κ3) is 3.26. The summed E-state index contributed by atoms with van der Waals surface area (Å²) in [5, 5.41) is 12.2. The van der Waals surface area contributed by atoms with E-state index in [1.54, 1.807) is 18.2 Å². The van der Waals surface area contributed by atoms with Crippen LogP contribution < -0.4 is 11.1 Å². The minimum Gasteiger partial charge on any atom is -0.478 e. The highest BCUT2D eigenvalue weighted by Gasteiger charge is 2.14. The number of amides is 1. The van der Waals surface area contributed by atoms with Gasteiger partial charge >= 0.3 is 5.97 Å². The van der Waals surface area contributed by atoms with Crippen molar-refractivity contribution in [3.8, 4) is 0 Å². The number of carboxylic acids is 1. The normalized spacial score (nSPS) is 10.2. The number of nitrogens with two attached hydrogens (primary N) is 1. The van der Waals surface area contributed by atoms with Crippen molar-refractivity contribution >= 4 is 46.5 Å². The standard InChI is InChI=1S/C14H10Cl2N2O3/c15-9-2-1-3-11(12(9)13(17)19)18-7-4-5-8(14(20)21)10(16)6-7/h1-6,18H,(H2,17,19)(H,20,21). The van der Waals surface area contributed by atoms with Gasteiger partial charge in [-0.3, -0.25) is 4.79 Å². The van der Waals surface area contributed by atoms with Crippen LogP contribution in [0, 0.1) is 0 Å². The zero-order chi connectivity index (χ0) is 15.6. The number of nitrogens with one attached hydrogen (secondary N) is 1. The summed E-state index contributed by atoms with van der Waals surface area (Å²) in [5.41, 5.74) is 6.36. The number of aromatic carboxylic acids is 1. The molecule has 7 heteroatoms. The molecule has 5 nitrogen and oxygen atoms in total. The lowest BCUT2D eigenvalue weighted by molar-refractivity contribution is 0.0697. The van der Waals surface area contributed by atoms with Crippen LogP contribution in [0.4, 0.5) is 11.4 Å². The second-order valence-electron chi connectivity index (χ2n) is 4.15. The molecule has 108 valence electrons. The molecule has 0 bridgehead atoms. The largest absolute Gasteiger partial charge is 0.478 e. The number of hydrogen-bond acceptors (Lipinski definition) is 3. The van der Waals surface area contributed by atoms with Crippen molar-refractivity contribution in [2.45, 2.75) is 0 Å². The number of primary amides is 1. The first-order valence-electron chi connectivity index (χ1n) is 5.78. The van der Waals surface area contributed by atoms with E-state index in [0.717, 1.165) is 0 Å². The monoisotopic (exact) mass is 324 g/mol. The third-order valence-electron chi connectivity index (χ3n) is 2.74. The van der Waals surface area contributed by atoms with Gasteiger partial charge in [0.1, 0.15) is 0 Å². The first-order chi connectivity index (χ1) is 9.90. The van der Waals surface area contributed by atoms with Crippen LogP contribution in [-0.2, 0) is 0 Å². The van der Waals surface area contributed by atoms with Gasteiger partial charge in [-0.15, -0.1) is 0 Å². The van der Waals surface area contributed by atoms with Gasteiger partial charge in [-0.1, -0.05) is 29.3 Å². The predicted molar refractivity (Wildman–Crippen MR) is 81.7 cm³/mol. The second kappa shape index (κ2) is 6.03. The van der Waals surface area contributed by atoms with Gasteiger partial charge in [0.25, 0.3) is 5.91 Å². The Kier molecular flexibility index (Phi) is 4.35. The molecule has 21 heavy (non-hydrogen) atoms. The Morgan fingerprint density at radius 2 is 1.81 bits per heavy atom. The molecule has 0 aliphatic carbocycles. The van der Waals surface area contributed by atoms with Crippen LogP contribution in [0.15, 0.2) is 36.4 Å². The Bertz CT molecular complexity index is 732. The zero-order valence-electron chi connectivity index (χ0n) is 10.6. The minimum atomic E-state index is -1.12. The van der Waals surface area contributed by atoms with Crippen molar-refractivity contribution in [2.75, 3.05) is 5.32 Å². The summed E-state index contributed by atoms with van der Waals surface area (Å²) >= 11 is 11.8. The molecule has 0 heterocycles. The van der Waals surface area contributed by atoms with Crippen molar-refractivity contribution in [2.24, 2.45) is 5.73 Å². The van der Waals surface area contributed by atoms with E-state index in [4.69, 9.17) is 34.0 Å². The molecule has 2 aromatic carbocycles. The molecule has 4 N–H and O–H groups in total. The van der Waals surface area contributed by atoms with Crippen molar-refractivity contribution in [1.82, 2.24) is 0 Å². The fourth-order valence-corrected chi connectivity index (χ4v) is 2.33. The lowest BCUT2D eigenvalue weighted by atomic mass is 10.1. The average molecular weight is 325 g/mol. The predicted octanol–water partition coefficient (Wildman–Crippen LogP) is 3.53.